The number of carboxylic acids is 1. The van der Waals surface area contributed by atoms with Crippen LogP contribution in [0, 0.1) is 5.82 Å². The fraction of sp³-hybridized carbons (Fsp3) is 0.133. The molecule has 1 unspecified atom stereocenters. The van der Waals surface area contributed by atoms with E-state index in [2.05, 4.69) is 15.9 Å². The molecule has 0 radical (unpaired) electrons. The Balaban J connectivity index is 2.30. The Morgan fingerprint density at radius 2 is 2.05 bits per heavy atom. The lowest BCUT2D eigenvalue weighted by Crippen LogP contribution is -2.14. The van der Waals surface area contributed by atoms with Crippen LogP contribution in [0.2, 0.25) is 5.02 Å². The van der Waals surface area contributed by atoms with Gasteiger partial charge >= 0.3 is 5.97 Å². The number of carboxylic acid groups (broad SMARTS) is 1. The molecule has 0 saturated heterocycles. The Kier molecular flexibility index (Phi) is 4.78. The van der Waals surface area contributed by atoms with Crippen LogP contribution in [0.1, 0.15) is 17.0 Å². The zero-order valence-electron chi connectivity index (χ0n) is 10.3. The van der Waals surface area contributed by atoms with Crippen molar-refractivity contribution in [2.75, 3.05) is 0 Å². The van der Waals surface area contributed by atoms with Crippen LogP contribution in [0.4, 0.5) is 4.39 Å². The Labute approximate surface area is 129 Å². The quantitative estimate of drug-likeness (QED) is 0.864. The van der Waals surface area contributed by atoms with E-state index < -0.39 is 17.7 Å². The molecule has 0 aliphatic carbocycles. The maximum Gasteiger partial charge on any atom is 0.311 e. The summed E-state index contributed by atoms with van der Waals surface area (Å²) in [6, 6.07) is 11.4. The molecule has 0 heterocycles. The fourth-order valence-corrected chi connectivity index (χ4v) is 2.59. The van der Waals surface area contributed by atoms with Gasteiger partial charge in [-0.05, 0) is 41.8 Å². The van der Waals surface area contributed by atoms with E-state index in [-0.39, 0.29) is 11.4 Å². The molecule has 0 fully saturated rings. The van der Waals surface area contributed by atoms with Gasteiger partial charge in [-0.25, -0.2) is 4.39 Å². The molecule has 0 aliphatic heterocycles. The van der Waals surface area contributed by atoms with Crippen LogP contribution in [-0.4, -0.2) is 11.1 Å². The van der Waals surface area contributed by atoms with Crippen molar-refractivity contribution in [3.8, 4) is 0 Å². The molecular weight excluding hydrogens is 347 g/mol. The molecular formula is C15H11BrClFO2. The van der Waals surface area contributed by atoms with Crippen molar-refractivity contribution in [3.63, 3.8) is 0 Å². The van der Waals surface area contributed by atoms with Gasteiger partial charge in [0.2, 0.25) is 0 Å². The highest BCUT2D eigenvalue weighted by molar-refractivity contribution is 9.10. The van der Waals surface area contributed by atoms with Crippen molar-refractivity contribution in [1.82, 2.24) is 0 Å². The molecule has 20 heavy (non-hydrogen) atoms. The summed E-state index contributed by atoms with van der Waals surface area (Å²) in [5.74, 6) is -2.14. The summed E-state index contributed by atoms with van der Waals surface area (Å²) >= 11 is 9.04. The maximum atomic E-state index is 13.1. The van der Waals surface area contributed by atoms with Crippen LogP contribution in [0.5, 0.6) is 0 Å². The molecule has 1 N–H and O–H groups in total. The minimum Gasteiger partial charge on any atom is -0.481 e. The third-order valence-corrected chi connectivity index (χ3v) is 3.76. The number of benzene rings is 2. The second-order valence-corrected chi connectivity index (χ2v) is 5.72. The first kappa shape index (κ1) is 15.0. The Hall–Kier alpha value is -1.39. The van der Waals surface area contributed by atoms with Gasteiger partial charge in [0.25, 0.3) is 0 Å². The molecule has 0 bridgehead atoms. The van der Waals surface area contributed by atoms with Crippen molar-refractivity contribution < 1.29 is 14.3 Å². The standard InChI is InChI=1S/C15H11BrClFO2/c16-11-3-1-2-10(8-11)12(15(19)20)6-9-4-5-14(18)13(17)7-9/h1-5,7-8,12H,6H2,(H,19,20). The number of hydrogen-bond donors (Lipinski definition) is 1. The predicted molar refractivity (Wildman–Crippen MR) is 79.6 cm³/mol. The lowest BCUT2D eigenvalue weighted by atomic mass is 9.92. The second kappa shape index (κ2) is 6.37. The summed E-state index contributed by atoms with van der Waals surface area (Å²) in [5, 5.41) is 9.38. The zero-order valence-corrected chi connectivity index (χ0v) is 12.7. The first-order chi connectivity index (χ1) is 9.47. The Bertz CT molecular complexity index is 646. The van der Waals surface area contributed by atoms with Crippen molar-refractivity contribution in [2.45, 2.75) is 12.3 Å². The van der Waals surface area contributed by atoms with E-state index in [1.165, 1.54) is 12.1 Å². The van der Waals surface area contributed by atoms with Crippen molar-refractivity contribution in [3.05, 3.63) is 68.9 Å². The molecule has 2 rings (SSSR count). The molecule has 0 aliphatic rings. The average molecular weight is 358 g/mol. The summed E-state index contributed by atoms with van der Waals surface area (Å²) in [6.07, 6.45) is 0.256. The van der Waals surface area contributed by atoms with Gasteiger partial charge in [-0.3, -0.25) is 4.79 Å². The number of carbonyl (C=O) groups is 1. The van der Waals surface area contributed by atoms with Crippen LogP contribution in [0.15, 0.2) is 46.9 Å². The van der Waals surface area contributed by atoms with E-state index >= 15 is 0 Å². The average Bonchev–Trinajstić information content (AvgIpc) is 2.39. The number of hydrogen-bond acceptors (Lipinski definition) is 1. The number of aliphatic carboxylic acids is 1. The van der Waals surface area contributed by atoms with Crippen molar-refractivity contribution in [2.24, 2.45) is 0 Å². The molecule has 2 aromatic carbocycles. The Morgan fingerprint density at radius 3 is 2.65 bits per heavy atom. The van der Waals surface area contributed by atoms with Crippen LogP contribution < -0.4 is 0 Å². The van der Waals surface area contributed by atoms with Crippen LogP contribution in [0.3, 0.4) is 0 Å². The third-order valence-electron chi connectivity index (χ3n) is 2.97. The lowest BCUT2D eigenvalue weighted by Gasteiger charge is -2.13. The normalized spacial score (nSPS) is 12.2. The highest BCUT2D eigenvalue weighted by atomic mass is 79.9. The van der Waals surface area contributed by atoms with Gasteiger partial charge in [0, 0.05) is 4.47 Å². The molecule has 2 aromatic rings. The molecule has 5 heteroatoms. The topological polar surface area (TPSA) is 37.3 Å². The largest absolute Gasteiger partial charge is 0.481 e. The van der Waals surface area contributed by atoms with Crippen molar-refractivity contribution in [1.29, 1.82) is 0 Å². The van der Waals surface area contributed by atoms with Crippen LogP contribution in [0.25, 0.3) is 0 Å². The van der Waals surface area contributed by atoms with E-state index in [1.807, 2.05) is 6.07 Å². The van der Waals surface area contributed by atoms with Gasteiger partial charge in [0.05, 0.1) is 10.9 Å². The number of rotatable bonds is 4. The number of halogens is 3. The van der Waals surface area contributed by atoms with E-state index in [9.17, 15) is 14.3 Å². The van der Waals surface area contributed by atoms with E-state index in [0.717, 1.165) is 4.47 Å². The molecule has 0 saturated carbocycles. The van der Waals surface area contributed by atoms with Crippen LogP contribution >= 0.6 is 27.5 Å². The monoisotopic (exact) mass is 356 g/mol. The summed E-state index contributed by atoms with van der Waals surface area (Å²) in [6.45, 7) is 0. The molecule has 0 amide bonds. The predicted octanol–water partition coefficient (Wildman–Crippen LogP) is 4.65. The smallest absolute Gasteiger partial charge is 0.311 e. The van der Waals surface area contributed by atoms with Gasteiger partial charge in [-0.15, -0.1) is 0 Å². The third kappa shape index (κ3) is 3.58. The van der Waals surface area contributed by atoms with Gasteiger partial charge in [0.1, 0.15) is 5.82 Å². The van der Waals surface area contributed by atoms with Gasteiger partial charge in [0.15, 0.2) is 0 Å². The molecule has 1 atom stereocenters. The van der Waals surface area contributed by atoms with E-state index in [0.29, 0.717) is 11.1 Å². The minimum atomic E-state index is -0.927. The minimum absolute atomic E-state index is 0.000816. The first-order valence-corrected chi connectivity index (χ1v) is 7.06. The zero-order chi connectivity index (χ0) is 14.7. The Morgan fingerprint density at radius 1 is 1.30 bits per heavy atom. The SMILES string of the molecule is O=C(O)C(Cc1ccc(F)c(Cl)c1)c1cccc(Br)c1. The summed E-state index contributed by atoms with van der Waals surface area (Å²) in [7, 11) is 0. The van der Waals surface area contributed by atoms with E-state index in [1.54, 1.807) is 24.3 Å². The lowest BCUT2D eigenvalue weighted by molar-refractivity contribution is -0.138. The molecule has 0 spiro atoms. The van der Waals surface area contributed by atoms with Gasteiger partial charge < -0.3 is 5.11 Å². The fourth-order valence-electron chi connectivity index (χ4n) is 1.97. The first-order valence-electron chi connectivity index (χ1n) is 5.89. The summed E-state index contributed by atoms with van der Waals surface area (Å²) in [5.41, 5.74) is 1.37. The summed E-state index contributed by atoms with van der Waals surface area (Å²) < 4.78 is 13.9. The molecule has 104 valence electrons. The van der Waals surface area contributed by atoms with Gasteiger partial charge in [-0.2, -0.15) is 0 Å². The summed E-state index contributed by atoms with van der Waals surface area (Å²) in [4.78, 5) is 11.4. The highest BCUT2D eigenvalue weighted by Gasteiger charge is 2.21. The molecule has 2 nitrogen and oxygen atoms in total. The highest BCUT2D eigenvalue weighted by Crippen LogP contribution is 2.26. The van der Waals surface area contributed by atoms with Crippen molar-refractivity contribution >= 4 is 33.5 Å². The second-order valence-electron chi connectivity index (χ2n) is 4.40. The maximum absolute atomic E-state index is 13.1. The molecule has 0 aromatic heterocycles. The van der Waals surface area contributed by atoms with Gasteiger partial charge in [-0.1, -0.05) is 45.7 Å². The van der Waals surface area contributed by atoms with E-state index in [4.69, 9.17) is 11.6 Å². The van der Waals surface area contributed by atoms with Crippen LogP contribution in [-0.2, 0) is 11.2 Å².